The van der Waals surface area contributed by atoms with Crippen molar-refractivity contribution >= 4 is 35.5 Å². The molecule has 0 aliphatic carbocycles. The number of hydrogen-bond donors (Lipinski definition) is 36. The molecule has 0 bridgehead atoms. The lowest BCUT2D eigenvalue weighted by Gasteiger charge is -2.51. The number of carboxylic acids is 1. The molecule has 0 radical (unpaired) electrons. The molecule has 0 aromatic carbocycles. The third kappa shape index (κ3) is 25.8. The number of rotatable bonds is 38. The first-order valence-corrected chi connectivity index (χ1v) is 45.1. The second-order valence-corrected chi connectivity index (χ2v) is 36.0. The molecule has 11 rings (SSSR count). The van der Waals surface area contributed by atoms with E-state index in [1.165, 1.54) is 6.92 Å². The number of aliphatic hydroxyl groups is 30. The first-order valence-electron chi connectivity index (χ1n) is 45.1. The van der Waals surface area contributed by atoms with Crippen molar-refractivity contribution in [1.82, 2.24) is 26.6 Å². The Hall–Kier alpha value is -5.22. The summed E-state index contributed by atoms with van der Waals surface area (Å²) in [5.74, 6) is -10.4. The minimum atomic E-state index is -3.35. The van der Waals surface area contributed by atoms with E-state index in [-0.39, 0.29) is 0 Å². The van der Waals surface area contributed by atoms with Gasteiger partial charge in [-0.2, -0.15) is 0 Å². The molecule has 11 aliphatic heterocycles. The molecule has 11 heterocycles. The van der Waals surface area contributed by atoms with E-state index in [0.29, 0.717) is 0 Å². The molecule has 0 aromatic rings. The summed E-state index contributed by atoms with van der Waals surface area (Å²) in [6.07, 6.45) is -111. The average molecular weight is 2080 g/mol. The lowest BCUT2D eigenvalue weighted by atomic mass is 9.88. The molecule has 142 heavy (non-hydrogen) atoms. The van der Waals surface area contributed by atoms with Gasteiger partial charge in [0.1, 0.15) is 256 Å². The van der Waals surface area contributed by atoms with E-state index in [0.717, 1.165) is 34.6 Å². The van der Waals surface area contributed by atoms with Crippen LogP contribution in [0.4, 0.5) is 0 Å². The lowest BCUT2D eigenvalue weighted by molar-refractivity contribution is -0.401. The van der Waals surface area contributed by atoms with Crippen molar-refractivity contribution < 1.29 is 287 Å². The Labute approximate surface area is 803 Å². The van der Waals surface area contributed by atoms with Crippen molar-refractivity contribution in [3.8, 4) is 0 Å². The number of amides is 5. The van der Waals surface area contributed by atoms with Crippen LogP contribution in [0.1, 0.15) is 48.0 Å². The van der Waals surface area contributed by atoms with Gasteiger partial charge in [-0.05, 0) is 6.92 Å². The number of carbonyl (C=O) groups excluding carboxylic acids is 5. The summed E-state index contributed by atoms with van der Waals surface area (Å²) in [6, 6.07) is -9.82. The van der Waals surface area contributed by atoms with Crippen LogP contribution in [0.15, 0.2) is 0 Å². The molecular formula is C79H131N5O58. The van der Waals surface area contributed by atoms with Crippen molar-refractivity contribution in [3.05, 3.63) is 0 Å². The second kappa shape index (κ2) is 50.6. The summed E-state index contributed by atoms with van der Waals surface area (Å²) in [7, 11) is 0. The number of aliphatic carboxylic acids is 1. The maximum absolute atomic E-state index is 13.4. The average Bonchev–Trinajstić information content (AvgIpc) is 0.572. The van der Waals surface area contributed by atoms with Crippen LogP contribution in [-0.2, 0) is 128 Å². The highest BCUT2D eigenvalue weighted by molar-refractivity contribution is 5.77. The van der Waals surface area contributed by atoms with E-state index in [1.54, 1.807) is 0 Å². The van der Waals surface area contributed by atoms with Gasteiger partial charge in [-0.15, -0.1) is 0 Å². The predicted octanol–water partition coefficient (Wildman–Crippen LogP) is -24.0. The van der Waals surface area contributed by atoms with Crippen molar-refractivity contribution in [1.29, 1.82) is 0 Å². The number of carbonyl (C=O) groups is 6. The van der Waals surface area contributed by atoms with Gasteiger partial charge in [0.2, 0.25) is 29.5 Å². The fraction of sp³-hybridized carbons (Fsp3) is 0.924. The second-order valence-electron chi connectivity index (χ2n) is 36.0. The molecule has 63 heteroatoms. The Balaban J connectivity index is 0.920. The Bertz CT molecular complexity index is 4010. The molecule has 11 saturated heterocycles. The van der Waals surface area contributed by atoms with Crippen LogP contribution >= 0.6 is 0 Å². The van der Waals surface area contributed by atoms with Crippen molar-refractivity contribution in [2.75, 3.05) is 66.1 Å². The fourth-order valence-electron chi connectivity index (χ4n) is 18.4. The maximum Gasteiger partial charge on any atom is 0.364 e. The maximum atomic E-state index is 13.4. The molecule has 63 nitrogen and oxygen atoms in total. The standard InChI is InChI=1S/C79H131N5O58/c1-18-40(100)51(111)55(115)72(124-18)122-17-34-62(47(107)36(68(119)125-34)81-20(3)94)134-69-37(82-21(4)95)48(108)60(31(14-91)130-69)136-74-57(117)64(46(106)33(133-74)16-123-76-66(53(113)43(103)27(10-87)128-76)139-70-38(83-22(5)96)49(109)59(30(13-90)131-70)135-73-56(116)52(112)42(102)26(9-86)126-73)138-77-67(54(114)44(104)28(11-88)129-77)140-71-39(84-23(6)97)50(110)61(32(15-92)132-71)137-75-58(118)65(45(105)29(12-89)127-75)142-79(78(120)121)7-24(98)35(80-19(2)93)63(141-79)41(101)25(99)8-85/h18,24-77,85-92,98-119H,7-17H2,1-6H3,(H,80,93)(H,81,94)(H,82,95)(H,83,96)(H,84,97)(H,120,121)/t18-,24-,25+,26+,27+,28+,29+,30+,31+,32+,33+,34+,35+,36+,37+,38+,39-,40+,41-,42-,43+,44+,45-,46+,47+,48+,49+,50+,51+,52-,53-,54-,55-,56+,57-,58+,59+,60+,61+,62+,63+,64-,65-,66-,67-,68+,69-,70+,71+,72+,73-,74-,75-,76-,77+,79-/m0/s1. The van der Waals surface area contributed by atoms with E-state index in [9.17, 15) is 187 Å². The van der Waals surface area contributed by atoms with Gasteiger partial charge >= 0.3 is 5.97 Å². The molecule has 0 saturated carbocycles. The Morgan fingerprint density at radius 2 is 0.620 bits per heavy atom. The molecule has 36 N–H and O–H groups in total. The van der Waals surface area contributed by atoms with Crippen LogP contribution in [0.25, 0.3) is 0 Å². The van der Waals surface area contributed by atoms with E-state index in [1.807, 2.05) is 0 Å². The largest absolute Gasteiger partial charge is 0.477 e. The van der Waals surface area contributed by atoms with Gasteiger partial charge in [-0.1, -0.05) is 0 Å². The van der Waals surface area contributed by atoms with E-state index in [2.05, 4.69) is 26.6 Å². The minimum Gasteiger partial charge on any atom is -0.477 e. The third-order valence-electron chi connectivity index (χ3n) is 25.9. The summed E-state index contributed by atoms with van der Waals surface area (Å²) < 4.78 is 125. The Kier molecular flexibility index (Phi) is 41.7. The Morgan fingerprint density at radius 3 is 1.06 bits per heavy atom. The Morgan fingerprint density at radius 1 is 0.303 bits per heavy atom. The summed E-state index contributed by atoms with van der Waals surface area (Å²) in [4.78, 5) is 77.9. The van der Waals surface area contributed by atoms with Gasteiger partial charge in [0.05, 0.1) is 84.3 Å². The number of hydrogen-bond acceptors (Lipinski definition) is 57. The zero-order chi connectivity index (χ0) is 105. The first-order chi connectivity index (χ1) is 67.0. The summed E-state index contributed by atoms with van der Waals surface area (Å²) in [5, 5.41) is 361. The highest BCUT2D eigenvalue weighted by Crippen LogP contribution is 2.44. The van der Waals surface area contributed by atoms with Gasteiger partial charge in [0.25, 0.3) is 5.79 Å². The molecule has 0 aromatic heterocycles. The number of ether oxygens (including phenoxy) is 21. The van der Waals surface area contributed by atoms with Crippen LogP contribution in [-0.4, -0.2) is 603 Å². The summed E-state index contributed by atoms with van der Waals surface area (Å²) in [5.41, 5.74) is 0. The lowest BCUT2D eigenvalue weighted by Crippen LogP contribution is -2.71. The fourth-order valence-corrected chi connectivity index (χ4v) is 18.4. The van der Waals surface area contributed by atoms with Gasteiger partial charge in [-0.3, -0.25) is 24.0 Å². The van der Waals surface area contributed by atoms with Crippen molar-refractivity contribution in [2.45, 2.75) is 391 Å². The topological polar surface area (TPSA) is 984 Å². The van der Waals surface area contributed by atoms with Gasteiger partial charge in [0.15, 0.2) is 62.9 Å². The SMILES string of the molecule is CC(=O)N[C@@H]1[C@@H](O[C@@H]2[C@@H](O[C@@H]3[C@H](O)[C@H](O[C@H]4[C@H](O)[C@@H](NC(C)=O)[C@H](O[C@H]5[C@H](O)[C@@H](NC(C)=O)[C@H](O)O[C@@H]5CO[C@@H]5O[C@@H](C)[C@@H](O)[C@@H](O)[C@@H]5O)O[C@@H]4CO)O[C@H](CO[C@H]4O[C@H](CO)[C@@H](O)[C@H](O)[C@@H]4O[C@H]4O[C@H](CO)[C@@H](O[C@@H]5O[C@H](CO)[C@H](O)[C@H](O)[C@H]5O)[C@H](O)[C@H]4NC(C)=O)[C@H]3O)O[C@H](CO)[C@@H](O)[C@@H]2O)O[C@H](CO)[C@@H](O[C@@H]2O[C@H](CO)[C@H](O)[C@H](O[C@]3(C(=O)O)C[C@H](O)[C@@H](NC(C)=O)[C@H]([C@@H](O)[C@H](O)CO)O3)[C@H]2O)[C@@H]1O. The smallest absolute Gasteiger partial charge is 0.364 e. The number of carboxylic acid groups (broad SMARTS) is 1. The summed E-state index contributed by atoms with van der Waals surface area (Å²) >= 11 is 0. The molecule has 11 fully saturated rings. The van der Waals surface area contributed by atoms with Crippen molar-refractivity contribution in [2.24, 2.45) is 0 Å². The monoisotopic (exact) mass is 2080 g/mol. The highest BCUT2D eigenvalue weighted by atomic mass is 16.8. The van der Waals surface area contributed by atoms with Crippen LogP contribution in [0, 0.1) is 0 Å². The summed E-state index contributed by atoms with van der Waals surface area (Å²) in [6.45, 7) is -6.14. The van der Waals surface area contributed by atoms with Gasteiger partial charge in [-0.25, -0.2) is 4.79 Å². The molecule has 11 aliphatic rings. The van der Waals surface area contributed by atoms with Gasteiger partial charge in [0, 0.05) is 41.0 Å². The van der Waals surface area contributed by atoms with Crippen LogP contribution in [0.5, 0.6) is 0 Å². The molecule has 0 unspecified atom stereocenters. The van der Waals surface area contributed by atoms with E-state index < -0.39 is 451 Å². The molecule has 56 atom stereocenters. The molecule has 820 valence electrons. The minimum absolute atomic E-state index is 0.840. The molecule has 5 amide bonds. The third-order valence-corrected chi connectivity index (χ3v) is 25.9. The first kappa shape index (κ1) is 117. The van der Waals surface area contributed by atoms with Crippen LogP contribution in [0.2, 0.25) is 0 Å². The highest BCUT2D eigenvalue weighted by Gasteiger charge is 2.65. The number of aliphatic hydroxyl groups excluding tert-OH is 30. The quantitative estimate of drug-likeness (QED) is 0.0273. The van der Waals surface area contributed by atoms with E-state index >= 15 is 0 Å². The van der Waals surface area contributed by atoms with Crippen LogP contribution in [0.3, 0.4) is 0 Å². The number of nitrogens with one attached hydrogen (secondary N) is 5. The predicted molar refractivity (Wildman–Crippen MR) is 436 cm³/mol. The van der Waals surface area contributed by atoms with Gasteiger partial charge < -0.3 is 284 Å². The van der Waals surface area contributed by atoms with Crippen LogP contribution < -0.4 is 26.6 Å². The molecular weight excluding hydrogens is 1950 g/mol. The van der Waals surface area contributed by atoms with E-state index in [4.69, 9.17) is 99.5 Å². The zero-order valence-corrected chi connectivity index (χ0v) is 76.4. The zero-order valence-electron chi connectivity index (χ0n) is 76.4. The molecule has 0 spiro atoms. The van der Waals surface area contributed by atoms with Crippen molar-refractivity contribution in [3.63, 3.8) is 0 Å². The normalized spacial score (nSPS) is 48.0.